The van der Waals surface area contributed by atoms with Gasteiger partial charge in [0.25, 0.3) is 0 Å². The number of fused-ring (bicyclic) bond motifs is 3. The molecular weight excluding hydrogens is 396 g/mol. The zero-order valence-electron chi connectivity index (χ0n) is 17.4. The number of anilines is 1. The smallest absolute Gasteiger partial charge is 0.231 e. The molecule has 1 aromatic carbocycles. The van der Waals surface area contributed by atoms with Gasteiger partial charge in [0, 0.05) is 43.7 Å². The molecule has 1 aliphatic carbocycles. The van der Waals surface area contributed by atoms with Gasteiger partial charge in [-0.2, -0.15) is 0 Å². The number of aryl methyl sites for hydroxylation is 1. The Morgan fingerprint density at radius 1 is 1.13 bits per heavy atom. The van der Waals surface area contributed by atoms with Crippen molar-refractivity contribution in [3.8, 4) is 11.6 Å². The van der Waals surface area contributed by atoms with Crippen molar-refractivity contribution in [1.82, 2.24) is 14.9 Å². The number of thiophene rings is 1. The van der Waals surface area contributed by atoms with Crippen LogP contribution in [0.15, 0.2) is 30.6 Å². The summed E-state index contributed by atoms with van der Waals surface area (Å²) in [5.41, 5.74) is 2.53. The number of aromatic nitrogens is 2. The van der Waals surface area contributed by atoms with E-state index in [1.54, 1.807) is 24.6 Å². The van der Waals surface area contributed by atoms with Crippen molar-refractivity contribution in [3.05, 3.63) is 41.0 Å². The summed E-state index contributed by atoms with van der Waals surface area (Å²) >= 11 is 1.79. The first-order valence-electron chi connectivity index (χ1n) is 10.6. The third-order valence-electron chi connectivity index (χ3n) is 6.20. The molecule has 0 saturated carbocycles. The first kappa shape index (κ1) is 19.3. The normalized spacial score (nSPS) is 19.1. The van der Waals surface area contributed by atoms with Gasteiger partial charge < -0.3 is 14.5 Å². The van der Waals surface area contributed by atoms with Crippen LogP contribution in [-0.2, 0) is 17.6 Å². The largest absolute Gasteiger partial charge is 0.438 e. The zero-order valence-corrected chi connectivity index (χ0v) is 18.2. The van der Waals surface area contributed by atoms with Gasteiger partial charge in [-0.1, -0.05) is 6.92 Å². The molecule has 0 radical (unpaired) electrons. The fourth-order valence-corrected chi connectivity index (χ4v) is 5.78. The second-order valence-corrected chi connectivity index (χ2v) is 9.38. The van der Waals surface area contributed by atoms with Crippen LogP contribution in [-0.4, -0.2) is 47.0 Å². The topological polar surface area (TPSA) is 58.6 Å². The van der Waals surface area contributed by atoms with E-state index in [2.05, 4.69) is 33.9 Å². The molecule has 0 N–H and O–H groups in total. The number of amides is 1. The van der Waals surface area contributed by atoms with Crippen molar-refractivity contribution < 1.29 is 9.53 Å². The summed E-state index contributed by atoms with van der Waals surface area (Å²) in [4.78, 5) is 27.2. The summed E-state index contributed by atoms with van der Waals surface area (Å²) in [6.45, 7) is 7.20. The highest BCUT2D eigenvalue weighted by atomic mass is 32.1. The van der Waals surface area contributed by atoms with Crippen LogP contribution in [0.3, 0.4) is 0 Å². The number of piperazine rings is 1. The van der Waals surface area contributed by atoms with Gasteiger partial charge >= 0.3 is 0 Å². The highest BCUT2D eigenvalue weighted by molar-refractivity contribution is 7.18. The Kier molecular flexibility index (Phi) is 5.06. The molecule has 0 unspecified atom stereocenters. The lowest BCUT2D eigenvalue weighted by atomic mass is 9.89. The SMILES string of the molecule is CC(=O)N1CCN(c2ccc(Oc3ncnc4sc5c(c34)CC[C@@H](C)C5)cc2)CC1. The Morgan fingerprint density at radius 2 is 1.90 bits per heavy atom. The second-order valence-electron chi connectivity index (χ2n) is 8.30. The Morgan fingerprint density at radius 3 is 2.63 bits per heavy atom. The standard InChI is InChI=1S/C23H26N4O2S/c1-15-3-8-19-20(13-15)30-23-21(19)22(24-14-25-23)29-18-6-4-17(5-7-18)27-11-9-26(10-12-27)16(2)28/h4-7,14-15H,3,8-13H2,1-2H3/t15-/m1/s1. The fourth-order valence-electron chi connectivity index (χ4n) is 4.44. The maximum Gasteiger partial charge on any atom is 0.231 e. The quantitative estimate of drug-likeness (QED) is 0.631. The van der Waals surface area contributed by atoms with Gasteiger partial charge in [0.15, 0.2) is 0 Å². The van der Waals surface area contributed by atoms with E-state index < -0.39 is 0 Å². The van der Waals surface area contributed by atoms with Gasteiger partial charge in [0.1, 0.15) is 16.9 Å². The third-order valence-corrected chi connectivity index (χ3v) is 7.36. The van der Waals surface area contributed by atoms with Gasteiger partial charge in [-0.3, -0.25) is 4.79 Å². The van der Waals surface area contributed by atoms with E-state index in [0.717, 1.165) is 66.6 Å². The Labute approximate surface area is 180 Å². The van der Waals surface area contributed by atoms with Gasteiger partial charge in [0.05, 0.1) is 5.39 Å². The van der Waals surface area contributed by atoms with Crippen LogP contribution in [0.2, 0.25) is 0 Å². The number of ether oxygens (including phenoxy) is 1. The fraction of sp³-hybridized carbons (Fsp3) is 0.435. The van der Waals surface area contributed by atoms with E-state index >= 15 is 0 Å². The maximum absolute atomic E-state index is 11.5. The van der Waals surface area contributed by atoms with Crippen LogP contribution >= 0.6 is 11.3 Å². The second kappa shape index (κ2) is 7.87. The van der Waals surface area contributed by atoms with Crippen molar-refractivity contribution in [2.24, 2.45) is 5.92 Å². The molecule has 0 bridgehead atoms. The van der Waals surface area contributed by atoms with Gasteiger partial charge in [-0.25, -0.2) is 9.97 Å². The molecule has 6 nitrogen and oxygen atoms in total. The van der Waals surface area contributed by atoms with Crippen molar-refractivity contribution >= 4 is 33.1 Å². The molecule has 1 saturated heterocycles. The summed E-state index contributed by atoms with van der Waals surface area (Å²) in [6.07, 6.45) is 5.01. The highest BCUT2D eigenvalue weighted by Gasteiger charge is 2.24. The average Bonchev–Trinajstić information content (AvgIpc) is 3.13. The molecule has 156 valence electrons. The van der Waals surface area contributed by atoms with Crippen LogP contribution in [0.25, 0.3) is 10.2 Å². The minimum Gasteiger partial charge on any atom is -0.438 e. The minimum atomic E-state index is 0.152. The van der Waals surface area contributed by atoms with Gasteiger partial charge in [-0.15, -0.1) is 11.3 Å². The monoisotopic (exact) mass is 422 g/mol. The van der Waals surface area contributed by atoms with Gasteiger partial charge in [-0.05, 0) is 55.0 Å². The number of hydrogen-bond acceptors (Lipinski definition) is 6. The number of benzene rings is 1. The van der Waals surface area contributed by atoms with Gasteiger partial charge in [0.2, 0.25) is 11.8 Å². The highest BCUT2D eigenvalue weighted by Crippen LogP contribution is 2.41. The Bertz CT molecular complexity index is 1070. The van der Waals surface area contributed by atoms with E-state index in [9.17, 15) is 4.79 Å². The summed E-state index contributed by atoms with van der Waals surface area (Å²) in [5, 5.41) is 1.09. The molecule has 30 heavy (non-hydrogen) atoms. The molecular formula is C23H26N4O2S. The predicted molar refractivity (Wildman–Crippen MR) is 120 cm³/mol. The summed E-state index contributed by atoms with van der Waals surface area (Å²) in [5.74, 6) is 2.33. The molecule has 1 fully saturated rings. The minimum absolute atomic E-state index is 0.152. The molecule has 1 atom stereocenters. The molecule has 3 heterocycles. The van der Waals surface area contributed by atoms with Crippen molar-refractivity contribution in [2.45, 2.75) is 33.1 Å². The lowest BCUT2D eigenvalue weighted by Crippen LogP contribution is -2.48. The van der Waals surface area contributed by atoms with E-state index in [-0.39, 0.29) is 5.91 Å². The summed E-state index contributed by atoms with van der Waals surface area (Å²) < 4.78 is 6.22. The molecule has 5 rings (SSSR count). The number of nitrogens with zero attached hydrogens (tertiary/aromatic N) is 4. The number of carbonyl (C=O) groups excluding carboxylic acids is 1. The van der Waals surface area contributed by atoms with Crippen molar-refractivity contribution in [3.63, 3.8) is 0 Å². The summed E-state index contributed by atoms with van der Waals surface area (Å²) in [6, 6.07) is 8.17. The first-order valence-corrected chi connectivity index (χ1v) is 11.4. The van der Waals surface area contributed by atoms with E-state index in [0.29, 0.717) is 5.88 Å². The van der Waals surface area contributed by atoms with Crippen molar-refractivity contribution in [2.75, 3.05) is 31.1 Å². The Hall–Kier alpha value is -2.67. The van der Waals surface area contributed by atoms with Crippen LogP contribution in [0.4, 0.5) is 5.69 Å². The molecule has 2 aromatic heterocycles. The van der Waals surface area contributed by atoms with E-state index in [1.165, 1.54) is 16.9 Å². The predicted octanol–water partition coefficient (Wildman–Crippen LogP) is 4.28. The molecule has 1 amide bonds. The van der Waals surface area contributed by atoms with Crippen LogP contribution in [0, 0.1) is 5.92 Å². The lowest BCUT2D eigenvalue weighted by Gasteiger charge is -2.35. The zero-order chi connectivity index (χ0) is 20.7. The van der Waals surface area contributed by atoms with Crippen LogP contribution < -0.4 is 9.64 Å². The summed E-state index contributed by atoms with van der Waals surface area (Å²) in [7, 11) is 0. The molecule has 3 aromatic rings. The number of hydrogen-bond donors (Lipinski definition) is 0. The number of carbonyl (C=O) groups is 1. The first-order chi connectivity index (χ1) is 14.6. The van der Waals surface area contributed by atoms with E-state index in [4.69, 9.17) is 4.74 Å². The Balaban J connectivity index is 1.34. The average molecular weight is 423 g/mol. The van der Waals surface area contributed by atoms with Crippen molar-refractivity contribution in [1.29, 1.82) is 0 Å². The van der Waals surface area contributed by atoms with E-state index in [1.807, 2.05) is 17.0 Å². The molecule has 2 aliphatic rings. The maximum atomic E-state index is 11.5. The molecule has 0 spiro atoms. The molecule has 1 aliphatic heterocycles. The van der Waals surface area contributed by atoms with Crippen LogP contribution in [0.1, 0.15) is 30.7 Å². The molecule has 7 heteroatoms. The lowest BCUT2D eigenvalue weighted by molar-refractivity contribution is -0.129. The van der Waals surface area contributed by atoms with Crippen LogP contribution in [0.5, 0.6) is 11.6 Å². The number of rotatable bonds is 3. The third kappa shape index (κ3) is 3.62.